The third kappa shape index (κ3) is 4.83. The molecule has 0 bridgehead atoms. The first kappa shape index (κ1) is 21.2. The molecule has 1 aromatic carbocycles. The molecular weight excluding hydrogens is 436 g/mol. The van der Waals surface area contributed by atoms with Gasteiger partial charge in [-0.2, -0.15) is 0 Å². The minimum atomic E-state index is -0.242. The SMILES string of the molecule is Cc1cnc(CNC(=O)c2sc(N3CCN(Cc4ccc(Cl)cc4)C3=O)nc2C)cn1. The second-order valence-electron chi connectivity index (χ2n) is 7.23. The molecule has 4 rings (SSSR count). The van der Waals surface area contributed by atoms with Crippen LogP contribution in [0.5, 0.6) is 0 Å². The number of urea groups is 1. The van der Waals surface area contributed by atoms with Crippen LogP contribution in [-0.2, 0) is 13.1 Å². The fraction of sp³-hybridized carbons (Fsp3) is 0.286. The van der Waals surface area contributed by atoms with Gasteiger partial charge in [0.1, 0.15) is 4.88 Å². The number of anilines is 1. The van der Waals surface area contributed by atoms with Crippen molar-refractivity contribution in [3.63, 3.8) is 0 Å². The monoisotopic (exact) mass is 456 g/mol. The van der Waals surface area contributed by atoms with Crippen molar-refractivity contribution in [2.24, 2.45) is 0 Å². The van der Waals surface area contributed by atoms with E-state index in [4.69, 9.17) is 11.6 Å². The number of halogens is 1. The standard InChI is InChI=1S/C21H21ClN6O2S/c1-13-9-24-17(10-23-13)11-25-19(29)18-14(2)26-20(31-18)28-8-7-27(21(28)30)12-15-3-5-16(22)6-4-15/h3-6,9-10H,7-8,11-12H2,1-2H3,(H,25,29). The summed E-state index contributed by atoms with van der Waals surface area (Å²) in [5.74, 6) is -0.242. The van der Waals surface area contributed by atoms with Crippen LogP contribution in [0.25, 0.3) is 0 Å². The summed E-state index contributed by atoms with van der Waals surface area (Å²) in [6.07, 6.45) is 3.30. The lowest BCUT2D eigenvalue weighted by molar-refractivity contribution is 0.0953. The summed E-state index contributed by atoms with van der Waals surface area (Å²) in [5, 5.41) is 4.03. The maximum atomic E-state index is 12.9. The molecule has 0 aliphatic carbocycles. The highest BCUT2D eigenvalue weighted by molar-refractivity contribution is 7.17. The van der Waals surface area contributed by atoms with Crippen LogP contribution in [0, 0.1) is 13.8 Å². The highest BCUT2D eigenvalue weighted by Crippen LogP contribution is 2.29. The number of carbonyl (C=O) groups excluding carboxylic acids is 2. The number of carbonyl (C=O) groups is 2. The van der Waals surface area contributed by atoms with E-state index in [0.717, 1.165) is 11.3 Å². The van der Waals surface area contributed by atoms with Crippen molar-refractivity contribution in [1.29, 1.82) is 0 Å². The minimum Gasteiger partial charge on any atom is -0.346 e. The largest absolute Gasteiger partial charge is 0.346 e. The molecule has 0 unspecified atom stereocenters. The lowest BCUT2D eigenvalue weighted by Crippen LogP contribution is -2.31. The summed E-state index contributed by atoms with van der Waals surface area (Å²) in [5.41, 5.74) is 3.10. The van der Waals surface area contributed by atoms with Gasteiger partial charge in [-0.15, -0.1) is 0 Å². The Balaban J connectivity index is 1.40. The molecular formula is C21H21ClN6O2S. The molecule has 0 spiro atoms. The Morgan fingerprint density at radius 1 is 1.16 bits per heavy atom. The van der Waals surface area contributed by atoms with Gasteiger partial charge >= 0.3 is 6.03 Å². The second kappa shape index (κ2) is 8.99. The third-order valence-electron chi connectivity index (χ3n) is 4.87. The van der Waals surface area contributed by atoms with E-state index in [1.165, 1.54) is 11.3 Å². The Hall–Kier alpha value is -3.04. The fourth-order valence-electron chi connectivity index (χ4n) is 3.19. The molecule has 10 heteroatoms. The van der Waals surface area contributed by atoms with Crippen molar-refractivity contribution in [1.82, 2.24) is 25.2 Å². The van der Waals surface area contributed by atoms with E-state index in [2.05, 4.69) is 20.3 Å². The molecule has 3 amide bonds. The van der Waals surface area contributed by atoms with Gasteiger partial charge in [-0.3, -0.25) is 19.7 Å². The van der Waals surface area contributed by atoms with E-state index in [-0.39, 0.29) is 18.5 Å². The number of hydrogen-bond donors (Lipinski definition) is 1. The van der Waals surface area contributed by atoms with Crippen LogP contribution in [-0.4, -0.2) is 44.9 Å². The van der Waals surface area contributed by atoms with Crippen LogP contribution in [0.15, 0.2) is 36.7 Å². The van der Waals surface area contributed by atoms with Crippen LogP contribution >= 0.6 is 22.9 Å². The number of hydrogen-bond acceptors (Lipinski definition) is 6. The minimum absolute atomic E-state index is 0.120. The van der Waals surface area contributed by atoms with Gasteiger partial charge in [0.25, 0.3) is 5.91 Å². The normalized spacial score (nSPS) is 13.7. The van der Waals surface area contributed by atoms with Crippen molar-refractivity contribution in [2.45, 2.75) is 26.9 Å². The van der Waals surface area contributed by atoms with Crippen LogP contribution in [0.1, 0.15) is 32.3 Å². The van der Waals surface area contributed by atoms with E-state index in [9.17, 15) is 9.59 Å². The number of nitrogens with one attached hydrogen (secondary N) is 1. The summed E-state index contributed by atoms with van der Waals surface area (Å²) >= 11 is 7.15. The molecule has 0 radical (unpaired) electrons. The molecule has 3 heterocycles. The zero-order chi connectivity index (χ0) is 22.0. The van der Waals surface area contributed by atoms with Crippen LogP contribution in [0.3, 0.4) is 0 Å². The first-order valence-corrected chi connectivity index (χ1v) is 10.9. The first-order chi connectivity index (χ1) is 14.9. The number of aromatic nitrogens is 3. The van der Waals surface area contributed by atoms with E-state index < -0.39 is 0 Å². The topological polar surface area (TPSA) is 91.3 Å². The number of nitrogens with zero attached hydrogens (tertiary/aromatic N) is 5. The fourth-order valence-corrected chi connectivity index (χ4v) is 4.32. The van der Waals surface area contributed by atoms with E-state index in [0.29, 0.717) is 46.1 Å². The Morgan fingerprint density at radius 2 is 1.94 bits per heavy atom. The molecule has 0 saturated carbocycles. The summed E-state index contributed by atoms with van der Waals surface area (Å²) in [4.78, 5) is 42.3. The second-order valence-corrected chi connectivity index (χ2v) is 8.64. The number of aryl methyl sites for hydroxylation is 2. The maximum Gasteiger partial charge on any atom is 0.326 e. The van der Waals surface area contributed by atoms with Crippen molar-refractivity contribution in [2.75, 3.05) is 18.0 Å². The van der Waals surface area contributed by atoms with Crippen molar-refractivity contribution in [3.05, 3.63) is 69.2 Å². The quantitative estimate of drug-likeness (QED) is 0.612. The van der Waals surface area contributed by atoms with Crippen LogP contribution in [0.4, 0.5) is 9.93 Å². The molecule has 1 aliphatic heterocycles. The van der Waals surface area contributed by atoms with Crippen LogP contribution in [0.2, 0.25) is 5.02 Å². The van der Waals surface area contributed by atoms with Gasteiger partial charge in [0, 0.05) is 30.9 Å². The molecule has 1 fully saturated rings. The lowest BCUT2D eigenvalue weighted by Gasteiger charge is -2.17. The highest BCUT2D eigenvalue weighted by Gasteiger charge is 2.32. The molecule has 31 heavy (non-hydrogen) atoms. The number of rotatable bonds is 6. The average Bonchev–Trinajstić information content (AvgIpc) is 3.31. The summed E-state index contributed by atoms with van der Waals surface area (Å²) in [6, 6.07) is 7.32. The Morgan fingerprint density at radius 3 is 2.65 bits per heavy atom. The Kier molecular flexibility index (Phi) is 6.15. The third-order valence-corrected chi connectivity index (χ3v) is 6.30. The van der Waals surface area contributed by atoms with Gasteiger partial charge in [0.15, 0.2) is 5.13 Å². The maximum absolute atomic E-state index is 12.9. The molecule has 0 atom stereocenters. The van der Waals surface area contributed by atoms with Crippen molar-refractivity contribution >= 4 is 40.0 Å². The van der Waals surface area contributed by atoms with Gasteiger partial charge in [0.2, 0.25) is 0 Å². The highest BCUT2D eigenvalue weighted by atomic mass is 35.5. The van der Waals surface area contributed by atoms with Gasteiger partial charge in [-0.1, -0.05) is 35.1 Å². The average molecular weight is 457 g/mol. The summed E-state index contributed by atoms with van der Waals surface area (Å²) in [6.45, 7) is 5.52. The number of thiazole rings is 1. The Labute approximate surface area is 188 Å². The van der Waals surface area contributed by atoms with E-state index in [1.807, 2.05) is 31.2 Å². The van der Waals surface area contributed by atoms with Gasteiger partial charge < -0.3 is 10.2 Å². The zero-order valence-electron chi connectivity index (χ0n) is 17.1. The zero-order valence-corrected chi connectivity index (χ0v) is 18.7. The van der Waals surface area contributed by atoms with Crippen LogP contribution < -0.4 is 10.2 Å². The number of benzene rings is 1. The predicted molar refractivity (Wildman–Crippen MR) is 119 cm³/mol. The van der Waals surface area contributed by atoms with Gasteiger partial charge in [-0.05, 0) is 31.5 Å². The number of amides is 3. The van der Waals surface area contributed by atoms with Gasteiger partial charge in [-0.25, -0.2) is 9.78 Å². The Bertz CT molecular complexity index is 1100. The van der Waals surface area contributed by atoms with E-state index >= 15 is 0 Å². The molecule has 1 saturated heterocycles. The molecule has 160 valence electrons. The predicted octanol–water partition coefficient (Wildman–Crippen LogP) is 3.58. The van der Waals surface area contributed by atoms with Gasteiger partial charge in [0.05, 0.1) is 29.8 Å². The molecule has 8 nitrogen and oxygen atoms in total. The lowest BCUT2D eigenvalue weighted by atomic mass is 10.2. The molecule has 1 aliphatic rings. The van der Waals surface area contributed by atoms with E-state index in [1.54, 1.807) is 29.1 Å². The smallest absolute Gasteiger partial charge is 0.326 e. The molecule has 2 aromatic heterocycles. The first-order valence-electron chi connectivity index (χ1n) is 9.75. The van der Waals surface area contributed by atoms with Crippen molar-refractivity contribution in [3.8, 4) is 0 Å². The molecule has 1 N–H and O–H groups in total. The molecule has 3 aromatic rings. The van der Waals surface area contributed by atoms with Crippen molar-refractivity contribution < 1.29 is 9.59 Å². The summed E-state index contributed by atoms with van der Waals surface area (Å²) < 4.78 is 0. The summed E-state index contributed by atoms with van der Waals surface area (Å²) in [7, 11) is 0.